The van der Waals surface area contributed by atoms with E-state index < -0.39 is 28.9 Å². The molecule has 0 saturated carbocycles. The number of carbonyl (C=O) groups is 3. The third-order valence-electron chi connectivity index (χ3n) is 6.18. The number of hydrogen-bond donors (Lipinski definition) is 4. The van der Waals surface area contributed by atoms with Crippen LogP contribution in [0.4, 0.5) is 0 Å². The van der Waals surface area contributed by atoms with Gasteiger partial charge in [0, 0.05) is 13.1 Å². The molecule has 3 rings (SSSR count). The number of primary amides is 1. The van der Waals surface area contributed by atoms with Crippen molar-refractivity contribution in [2.75, 3.05) is 6.54 Å². The lowest BCUT2D eigenvalue weighted by atomic mass is 9.89. The second-order valence-electron chi connectivity index (χ2n) is 8.92. The van der Waals surface area contributed by atoms with Crippen LogP contribution >= 0.6 is 0 Å². The predicted octanol–water partition coefficient (Wildman–Crippen LogP) is 2.28. The van der Waals surface area contributed by atoms with Crippen LogP contribution in [0.3, 0.4) is 0 Å². The summed E-state index contributed by atoms with van der Waals surface area (Å²) < 4.78 is 0. The van der Waals surface area contributed by atoms with Gasteiger partial charge < -0.3 is 21.5 Å². The normalized spacial score (nSPS) is 12.0. The van der Waals surface area contributed by atoms with E-state index in [1.807, 2.05) is 60.7 Å². The van der Waals surface area contributed by atoms with Crippen molar-refractivity contribution >= 4 is 23.7 Å². The van der Waals surface area contributed by atoms with Crippen LogP contribution in [0.15, 0.2) is 89.9 Å². The molecule has 3 aromatic carbocycles. The molecule has 0 aliphatic rings. The van der Waals surface area contributed by atoms with Crippen LogP contribution in [0.5, 0.6) is 0 Å². The maximum Gasteiger partial charge on any atom is 0.335 e. The Hall–Kier alpha value is -5.26. The summed E-state index contributed by atoms with van der Waals surface area (Å²) in [6.07, 6.45) is 0.358. The first kappa shape index (κ1) is 29.3. The zero-order chi connectivity index (χ0) is 29.1. The van der Waals surface area contributed by atoms with E-state index in [-0.39, 0.29) is 43.4 Å². The zero-order valence-corrected chi connectivity index (χ0v) is 21.6. The van der Waals surface area contributed by atoms with E-state index in [2.05, 4.69) is 4.99 Å². The second-order valence-corrected chi connectivity index (χ2v) is 8.92. The fourth-order valence-electron chi connectivity index (χ4n) is 4.29. The Bertz CT molecular complexity index is 1310. The molecular weight excluding hydrogens is 516 g/mol. The number of benzene rings is 3. The van der Waals surface area contributed by atoms with Gasteiger partial charge in [0.1, 0.15) is 6.04 Å². The molecule has 0 fully saturated rings. The molecule has 12 nitrogen and oxygen atoms in total. The number of hydrazine groups is 1. The van der Waals surface area contributed by atoms with E-state index in [4.69, 9.17) is 11.5 Å². The van der Waals surface area contributed by atoms with E-state index in [1.54, 1.807) is 17.6 Å². The topological polar surface area (TPSA) is 194 Å². The molecule has 6 N–H and O–H groups in total. The average molecular weight is 547 g/mol. The fraction of sp³-hybridized carbons (Fsp3) is 0.214. The van der Waals surface area contributed by atoms with Gasteiger partial charge in [0.15, 0.2) is 5.03 Å². The number of carboxylic acids is 1. The molecule has 12 heteroatoms. The van der Waals surface area contributed by atoms with Gasteiger partial charge in [-0.05, 0) is 41.7 Å². The minimum absolute atomic E-state index is 0.0171. The van der Waals surface area contributed by atoms with Crippen LogP contribution in [-0.4, -0.2) is 51.4 Å². The number of carbonyl (C=O) groups excluding carboxylic acids is 2. The smallest absolute Gasteiger partial charge is 0.335 e. The van der Waals surface area contributed by atoms with Gasteiger partial charge in [0.25, 0.3) is 5.96 Å². The Kier molecular flexibility index (Phi) is 10.3. The summed E-state index contributed by atoms with van der Waals surface area (Å²) in [4.78, 5) is 54.2. The van der Waals surface area contributed by atoms with E-state index in [0.717, 1.165) is 11.1 Å². The Morgan fingerprint density at radius 1 is 0.925 bits per heavy atom. The summed E-state index contributed by atoms with van der Waals surface area (Å²) in [5, 5.41) is 18.9. The Labute approximate surface area is 230 Å². The van der Waals surface area contributed by atoms with Gasteiger partial charge in [-0.2, -0.15) is 0 Å². The molecule has 0 bridgehead atoms. The number of aromatic carboxylic acids is 1. The second kappa shape index (κ2) is 14.0. The summed E-state index contributed by atoms with van der Waals surface area (Å²) in [5.41, 5.74) is 15.1. The van der Waals surface area contributed by atoms with Crippen molar-refractivity contribution in [3.8, 4) is 0 Å². The lowest BCUT2D eigenvalue weighted by molar-refractivity contribution is -0.525. The van der Waals surface area contributed by atoms with Crippen LogP contribution in [0.25, 0.3) is 0 Å². The van der Waals surface area contributed by atoms with Crippen molar-refractivity contribution in [3.05, 3.63) is 117 Å². The number of aliphatic imine (C=N–C) groups is 1. The van der Waals surface area contributed by atoms with Crippen LogP contribution in [-0.2, 0) is 16.1 Å². The lowest BCUT2D eigenvalue weighted by Gasteiger charge is -2.33. The Balaban J connectivity index is 1.98. The van der Waals surface area contributed by atoms with Crippen LogP contribution in [0.1, 0.15) is 45.8 Å². The molecule has 0 aliphatic heterocycles. The summed E-state index contributed by atoms with van der Waals surface area (Å²) in [7, 11) is 0. The van der Waals surface area contributed by atoms with Crippen LogP contribution in [0, 0.1) is 10.1 Å². The van der Waals surface area contributed by atoms with E-state index in [1.165, 1.54) is 17.0 Å². The first-order valence-corrected chi connectivity index (χ1v) is 12.4. The van der Waals surface area contributed by atoms with E-state index >= 15 is 0 Å². The molecule has 0 unspecified atom stereocenters. The highest BCUT2D eigenvalue weighted by molar-refractivity contribution is 5.92. The fourth-order valence-corrected chi connectivity index (χ4v) is 4.29. The maximum atomic E-state index is 14.3. The van der Waals surface area contributed by atoms with Gasteiger partial charge in [-0.25, -0.2) is 19.9 Å². The minimum Gasteiger partial charge on any atom is -0.478 e. The molecule has 0 aromatic heterocycles. The van der Waals surface area contributed by atoms with Crippen molar-refractivity contribution in [2.24, 2.45) is 16.5 Å². The molecular formula is C28H30N6O6. The highest BCUT2D eigenvalue weighted by atomic mass is 16.7. The number of amides is 2. The summed E-state index contributed by atoms with van der Waals surface area (Å²) >= 11 is 0. The van der Waals surface area contributed by atoms with Gasteiger partial charge in [-0.3, -0.25) is 9.59 Å². The standard InChI is InChI=1S/C28H30N6O6/c29-25(35)23(12-7-17-31-28(30)32-34(39)40)33(18-19-13-15-22(16-14-19)27(37)38)26(36)24(20-8-3-1-4-9-20)21-10-5-2-6-11-21/h1-6,8-11,13-16,23-24H,7,12,17-18H2,(H2,29,35)(H,37,38)(H3,30,31,32)/t23-/m1/s1. The number of nitro groups is 1. The van der Waals surface area contributed by atoms with Crippen LogP contribution < -0.4 is 16.9 Å². The molecule has 0 aliphatic carbocycles. The van der Waals surface area contributed by atoms with Crippen molar-refractivity contribution < 1.29 is 24.5 Å². The van der Waals surface area contributed by atoms with Gasteiger partial charge >= 0.3 is 5.97 Å². The molecule has 0 radical (unpaired) electrons. The predicted molar refractivity (Wildman–Crippen MR) is 148 cm³/mol. The number of nitrogens with two attached hydrogens (primary N) is 2. The number of rotatable bonds is 13. The van der Waals surface area contributed by atoms with Crippen molar-refractivity contribution in [2.45, 2.75) is 31.3 Å². The van der Waals surface area contributed by atoms with Gasteiger partial charge in [0.2, 0.25) is 11.8 Å². The summed E-state index contributed by atoms with van der Waals surface area (Å²) in [6.45, 7) is 0.0311. The molecule has 2 amide bonds. The summed E-state index contributed by atoms with van der Waals surface area (Å²) in [6, 6.07) is 23.2. The maximum absolute atomic E-state index is 14.3. The number of nitrogens with zero attached hydrogens (tertiary/aromatic N) is 3. The number of carboxylic acid groups (broad SMARTS) is 1. The quantitative estimate of drug-likeness (QED) is 0.0823. The third kappa shape index (κ3) is 8.12. The lowest BCUT2D eigenvalue weighted by Crippen LogP contribution is -2.49. The largest absolute Gasteiger partial charge is 0.478 e. The monoisotopic (exact) mass is 546 g/mol. The first-order chi connectivity index (χ1) is 19.2. The molecule has 1 atom stereocenters. The molecule has 0 heterocycles. The highest BCUT2D eigenvalue weighted by Crippen LogP contribution is 2.29. The van der Waals surface area contributed by atoms with Gasteiger partial charge in [-0.1, -0.05) is 78.2 Å². The third-order valence-corrected chi connectivity index (χ3v) is 6.18. The molecule has 0 saturated heterocycles. The summed E-state index contributed by atoms with van der Waals surface area (Å²) in [5.74, 6) is -3.34. The number of hydrogen-bond acceptors (Lipinski definition) is 6. The first-order valence-electron chi connectivity index (χ1n) is 12.4. The average Bonchev–Trinajstić information content (AvgIpc) is 2.93. The number of guanidine groups is 1. The molecule has 0 spiro atoms. The van der Waals surface area contributed by atoms with Gasteiger partial charge in [0.05, 0.1) is 11.5 Å². The Morgan fingerprint density at radius 3 is 1.95 bits per heavy atom. The van der Waals surface area contributed by atoms with E-state index in [0.29, 0.717) is 5.56 Å². The minimum atomic E-state index is -1.09. The van der Waals surface area contributed by atoms with Crippen molar-refractivity contribution in [3.63, 3.8) is 0 Å². The van der Waals surface area contributed by atoms with Crippen LogP contribution in [0.2, 0.25) is 0 Å². The highest BCUT2D eigenvalue weighted by Gasteiger charge is 2.34. The number of nitrogens with one attached hydrogen (secondary N) is 1. The van der Waals surface area contributed by atoms with Crippen molar-refractivity contribution in [1.29, 1.82) is 0 Å². The SMILES string of the molecule is NC(=O)[C@@H](CCCN=C(N)N[N+](=O)[O-])N(Cc1ccc(C(=O)O)cc1)C(=O)C(c1ccccc1)c1ccccc1. The van der Waals surface area contributed by atoms with Crippen molar-refractivity contribution in [1.82, 2.24) is 10.3 Å². The molecule has 208 valence electrons. The Morgan fingerprint density at radius 2 is 1.48 bits per heavy atom. The van der Waals surface area contributed by atoms with Gasteiger partial charge in [-0.15, -0.1) is 0 Å². The molecule has 3 aromatic rings. The molecule has 40 heavy (non-hydrogen) atoms. The zero-order valence-electron chi connectivity index (χ0n) is 21.6. The van der Waals surface area contributed by atoms with E-state index in [9.17, 15) is 29.6 Å².